The van der Waals surface area contributed by atoms with Gasteiger partial charge >= 0.3 is 0 Å². The fourth-order valence-corrected chi connectivity index (χ4v) is 3.10. The summed E-state index contributed by atoms with van der Waals surface area (Å²) in [5, 5.41) is 5.64. The Labute approximate surface area is 158 Å². The molecule has 1 saturated heterocycles. The van der Waals surface area contributed by atoms with Crippen LogP contribution in [-0.4, -0.2) is 30.8 Å². The van der Waals surface area contributed by atoms with Crippen LogP contribution in [0.3, 0.4) is 0 Å². The van der Waals surface area contributed by atoms with E-state index in [2.05, 4.69) is 10.6 Å². The molecular formula is C21H23N3O3. The number of para-hydroxylation sites is 2. The third-order valence-electron chi connectivity index (χ3n) is 4.53. The molecule has 0 radical (unpaired) electrons. The second kappa shape index (κ2) is 8.49. The first-order valence-electron chi connectivity index (χ1n) is 9.13. The Morgan fingerprint density at radius 3 is 2.52 bits per heavy atom. The van der Waals surface area contributed by atoms with E-state index >= 15 is 0 Å². The van der Waals surface area contributed by atoms with Crippen molar-refractivity contribution in [1.82, 2.24) is 5.32 Å². The minimum absolute atomic E-state index is 0.0738. The molecule has 3 rings (SSSR count). The zero-order valence-electron chi connectivity index (χ0n) is 15.3. The van der Waals surface area contributed by atoms with Gasteiger partial charge in [-0.1, -0.05) is 37.3 Å². The molecule has 1 fully saturated rings. The number of nitrogens with one attached hydrogen (secondary N) is 2. The molecule has 0 saturated carbocycles. The van der Waals surface area contributed by atoms with Gasteiger partial charge in [0.2, 0.25) is 11.8 Å². The fourth-order valence-electron chi connectivity index (χ4n) is 3.10. The summed E-state index contributed by atoms with van der Waals surface area (Å²) in [6.45, 7) is 2.88. The number of carbonyl (C=O) groups is 3. The predicted octanol–water partition coefficient (Wildman–Crippen LogP) is 2.82. The van der Waals surface area contributed by atoms with Crippen LogP contribution in [0.2, 0.25) is 0 Å². The highest BCUT2D eigenvalue weighted by Gasteiger charge is 2.35. The van der Waals surface area contributed by atoms with Crippen LogP contribution in [-0.2, 0) is 9.59 Å². The van der Waals surface area contributed by atoms with Crippen molar-refractivity contribution in [1.29, 1.82) is 0 Å². The lowest BCUT2D eigenvalue weighted by Crippen LogP contribution is -2.29. The maximum Gasteiger partial charge on any atom is 0.253 e. The number of nitrogens with zero attached hydrogens (tertiary/aromatic N) is 1. The van der Waals surface area contributed by atoms with Gasteiger partial charge in [-0.25, -0.2) is 0 Å². The molecule has 140 valence electrons. The lowest BCUT2D eigenvalue weighted by Gasteiger charge is -2.17. The summed E-state index contributed by atoms with van der Waals surface area (Å²) in [5.74, 6) is -1.00. The second-order valence-electron chi connectivity index (χ2n) is 6.53. The summed E-state index contributed by atoms with van der Waals surface area (Å²) in [7, 11) is 0. The maximum atomic E-state index is 12.7. The molecule has 27 heavy (non-hydrogen) atoms. The maximum absolute atomic E-state index is 12.7. The molecule has 1 heterocycles. The molecule has 2 aromatic carbocycles. The van der Waals surface area contributed by atoms with E-state index < -0.39 is 5.92 Å². The Kier molecular flexibility index (Phi) is 5.86. The fraction of sp³-hybridized carbons (Fsp3) is 0.286. The van der Waals surface area contributed by atoms with E-state index in [1.165, 1.54) is 0 Å². The van der Waals surface area contributed by atoms with Crippen molar-refractivity contribution in [2.75, 3.05) is 23.3 Å². The smallest absolute Gasteiger partial charge is 0.253 e. The molecule has 0 aliphatic carbocycles. The zero-order chi connectivity index (χ0) is 19.2. The summed E-state index contributed by atoms with van der Waals surface area (Å²) < 4.78 is 0. The summed E-state index contributed by atoms with van der Waals surface area (Å²) in [5.41, 5.74) is 1.67. The molecule has 3 amide bonds. The van der Waals surface area contributed by atoms with Gasteiger partial charge in [-0.05, 0) is 30.7 Å². The first kappa shape index (κ1) is 18.6. The summed E-state index contributed by atoms with van der Waals surface area (Å²) in [6, 6.07) is 16.2. The van der Waals surface area contributed by atoms with Crippen molar-refractivity contribution in [2.24, 2.45) is 5.92 Å². The van der Waals surface area contributed by atoms with Gasteiger partial charge in [0, 0.05) is 25.2 Å². The number of carbonyl (C=O) groups excluding carboxylic acids is 3. The molecule has 0 spiro atoms. The Morgan fingerprint density at radius 1 is 1.07 bits per heavy atom. The van der Waals surface area contributed by atoms with E-state index in [-0.39, 0.29) is 24.1 Å². The average Bonchev–Trinajstić information content (AvgIpc) is 3.09. The number of hydrogen-bond acceptors (Lipinski definition) is 3. The topological polar surface area (TPSA) is 78.5 Å². The normalized spacial score (nSPS) is 16.3. The van der Waals surface area contributed by atoms with Gasteiger partial charge in [-0.3, -0.25) is 14.4 Å². The molecule has 1 atom stereocenters. The van der Waals surface area contributed by atoms with Gasteiger partial charge in [0.25, 0.3) is 5.91 Å². The van der Waals surface area contributed by atoms with Crippen LogP contribution in [0.25, 0.3) is 0 Å². The van der Waals surface area contributed by atoms with Gasteiger partial charge < -0.3 is 15.5 Å². The van der Waals surface area contributed by atoms with Crippen LogP contribution in [0.5, 0.6) is 0 Å². The molecule has 6 nitrogen and oxygen atoms in total. The third kappa shape index (κ3) is 4.34. The van der Waals surface area contributed by atoms with Crippen LogP contribution in [0, 0.1) is 5.92 Å². The standard InChI is InChI=1S/C21H23N3O3/c1-2-12-22-21(27)17-10-6-7-11-18(17)23-20(26)15-13-19(25)24(14-15)16-8-4-3-5-9-16/h3-11,15H,2,12-14H2,1H3,(H,22,27)(H,23,26). The van der Waals surface area contributed by atoms with Crippen LogP contribution in [0.1, 0.15) is 30.1 Å². The molecule has 6 heteroatoms. The van der Waals surface area contributed by atoms with E-state index in [1.54, 1.807) is 29.2 Å². The van der Waals surface area contributed by atoms with Crippen LogP contribution < -0.4 is 15.5 Å². The van der Waals surface area contributed by atoms with Crippen LogP contribution >= 0.6 is 0 Å². The molecule has 1 aliphatic heterocycles. The zero-order valence-corrected chi connectivity index (χ0v) is 15.3. The summed E-state index contributed by atoms with van der Waals surface area (Å²) >= 11 is 0. The second-order valence-corrected chi connectivity index (χ2v) is 6.53. The van der Waals surface area contributed by atoms with Crippen LogP contribution in [0.15, 0.2) is 54.6 Å². The highest BCUT2D eigenvalue weighted by atomic mass is 16.2. The molecule has 0 bridgehead atoms. The van der Waals surface area contributed by atoms with Crippen LogP contribution in [0.4, 0.5) is 11.4 Å². The first-order valence-corrected chi connectivity index (χ1v) is 9.13. The Morgan fingerprint density at radius 2 is 1.78 bits per heavy atom. The van der Waals surface area contributed by atoms with E-state index in [4.69, 9.17) is 0 Å². The minimum Gasteiger partial charge on any atom is -0.352 e. The Bertz CT molecular complexity index is 836. The van der Waals surface area contributed by atoms with E-state index in [9.17, 15) is 14.4 Å². The Balaban J connectivity index is 1.70. The van der Waals surface area contributed by atoms with Gasteiger partial charge in [0.05, 0.1) is 17.2 Å². The first-order chi connectivity index (χ1) is 13.1. The highest BCUT2D eigenvalue weighted by Crippen LogP contribution is 2.26. The molecular weight excluding hydrogens is 342 g/mol. The number of hydrogen-bond donors (Lipinski definition) is 2. The Hall–Kier alpha value is -3.15. The lowest BCUT2D eigenvalue weighted by atomic mass is 10.1. The molecule has 2 aromatic rings. The van der Waals surface area contributed by atoms with Crippen molar-refractivity contribution in [3.05, 3.63) is 60.2 Å². The molecule has 1 unspecified atom stereocenters. The third-order valence-corrected chi connectivity index (χ3v) is 4.53. The number of benzene rings is 2. The highest BCUT2D eigenvalue weighted by molar-refractivity contribution is 6.07. The van der Waals surface area contributed by atoms with Gasteiger partial charge in [0.1, 0.15) is 0 Å². The monoisotopic (exact) mass is 365 g/mol. The van der Waals surface area contributed by atoms with E-state index in [0.717, 1.165) is 12.1 Å². The van der Waals surface area contributed by atoms with Crippen molar-refractivity contribution in [3.63, 3.8) is 0 Å². The van der Waals surface area contributed by atoms with Crippen molar-refractivity contribution >= 4 is 29.1 Å². The average molecular weight is 365 g/mol. The SMILES string of the molecule is CCCNC(=O)c1ccccc1NC(=O)C1CC(=O)N(c2ccccc2)C1. The van der Waals surface area contributed by atoms with Gasteiger partial charge in [0.15, 0.2) is 0 Å². The van der Waals surface area contributed by atoms with Gasteiger partial charge in [-0.2, -0.15) is 0 Å². The number of anilines is 2. The molecule has 0 aromatic heterocycles. The molecule has 2 N–H and O–H groups in total. The lowest BCUT2D eigenvalue weighted by molar-refractivity contribution is -0.122. The van der Waals surface area contributed by atoms with Gasteiger partial charge in [-0.15, -0.1) is 0 Å². The summed E-state index contributed by atoms with van der Waals surface area (Å²) in [6.07, 6.45) is 0.991. The quantitative estimate of drug-likeness (QED) is 0.826. The van der Waals surface area contributed by atoms with Crippen molar-refractivity contribution < 1.29 is 14.4 Å². The number of rotatable bonds is 6. The largest absolute Gasteiger partial charge is 0.352 e. The van der Waals surface area contributed by atoms with Crippen molar-refractivity contribution in [2.45, 2.75) is 19.8 Å². The number of amides is 3. The summed E-state index contributed by atoms with van der Waals surface area (Å²) in [4.78, 5) is 38.9. The molecule has 1 aliphatic rings. The van der Waals surface area contributed by atoms with Crippen molar-refractivity contribution in [3.8, 4) is 0 Å². The minimum atomic E-state index is -0.454. The predicted molar refractivity (Wildman–Crippen MR) is 105 cm³/mol. The van der Waals surface area contributed by atoms with E-state index in [1.807, 2.05) is 37.3 Å². The van der Waals surface area contributed by atoms with E-state index in [0.29, 0.717) is 24.3 Å².